The van der Waals surface area contributed by atoms with Gasteiger partial charge in [0.2, 0.25) is 11.8 Å². The highest BCUT2D eigenvalue weighted by Crippen LogP contribution is 2.29. The Morgan fingerprint density at radius 2 is 2.15 bits per heavy atom. The van der Waals surface area contributed by atoms with Gasteiger partial charge in [0.1, 0.15) is 6.04 Å². The van der Waals surface area contributed by atoms with Gasteiger partial charge in [0, 0.05) is 4.90 Å². The van der Waals surface area contributed by atoms with Gasteiger partial charge in [-0.25, -0.2) is 0 Å². The summed E-state index contributed by atoms with van der Waals surface area (Å²) in [5.41, 5.74) is 5.83. The minimum Gasteiger partial charge on any atom is -0.369 e. The molecular formula is C17H17N5O2S3. The summed E-state index contributed by atoms with van der Waals surface area (Å²) >= 11 is 8.11. The van der Waals surface area contributed by atoms with E-state index in [2.05, 4.69) is 15.5 Å². The van der Waals surface area contributed by atoms with Crippen molar-refractivity contribution in [2.75, 3.05) is 11.1 Å². The van der Waals surface area contributed by atoms with Crippen molar-refractivity contribution in [2.45, 2.75) is 17.9 Å². The van der Waals surface area contributed by atoms with Crippen molar-refractivity contribution in [2.24, 2.45) is 5.73 Å². The van der Waals surface area contributed by atoms with E-state index in [1.54, 1.807) is 17.6 Å². The third kappa shape index (κ3) is 4.46. The summed E-state index contributed by atoms with van der Waals surface area (Å²) in [6.45, 7) is 1.76. The first kappa shape index (κ1) is 19.3. The van der Waals surface area contributed by atoms with Gasteiger partial charge >= 0.3 is 0 Å². The van der Waals surface area contributed by atoms with E-state index >= 15 is 0 Å². The molecule has 0 saturated carbocycles. The number of H-pyrrole nitrogens is 1. The fourth-order valence-electron chi connectivity index (χ4n) is 2.44. The van der Waals surface area contributed by atoms with Crippen LogP contribution in [-0.2, 0) is 9.59 Å². The van der Waals surface area contributed by atoms with Crippen LogP contribution in [0, 0.1) is 4.77 Å². The van der Waals surface area contributed by atoms with Crippen molar-refractivity contribution in [3.8, 4) is 10.7 Å². The summed E-state index contributed by atoms with van der Waals surface area (Å²) < 4.78 is 2.06. The first-order valence-corrected chi connectivity index (χ1v) is 10.3. The van der Waals surface area contributed by atoms with Crippen LogP contribution >= 0.6 is 35.3 Å². The van der Waals surface area contributed by atoms with Gasteiger partial charge in [0.25, 0.3) is 0 Å². The molecule has 2 amide bonds. The molecule has 7 nitrogen and oxygen atoms in total. The maximum absolute atomic E-state index is 12.9. The second kappa shape index (κ2) is 8.51. The number of aromatic amines is 1. The normalized spacial score (nSPS) is 11.9. The number of amides is 2. The molecule has 0 spiro atoms. The molecule has 0 bridgehead atoms. The van der Waals surface area contributed by atoms with E-state index in [9.17, 15) is 9.59 Å². The maximum atomic E-state index is 12.9. The zero-order valence-electron chi connectivity index (χ0n) is 14.3. The van der Waals surface area contributed by atoms with E-state index in [0.29, 0.717) is 16.3 Å². The summed E-state index contributed by atoms with van der Waals surface area (Å²) in [6, 6.07) is 10.5. The van der Waals surface area contributed by atoms with Crippen LogP contribution < -0.4 is 11.1 Å². The Kier molecular flexibility index (Phi) is 6.09. The summed E-state index contributed by atoms with van der Waals surface area (Å²) in [4.78, 5) is 25.6. The van der Waals surface area contributed by atoms with Crippen LogP contribution in [0.3, 0.4) is 0 Å². The number of nitrogens with one attached hydrogen (secondary N) is 2. The predicted molar refractivity (Wildman–Crippen MR) is 110 cm³/mol. The first-order chi connectivity index (χ1) is 13.0. The van der Waals surface area contributed by atoms with Crippen LogP contribution in [0.5, 0.6) is 0 Å². The number of rotatable bonds is 7. The monoisotopic (exact) mass is 419 g/mol. The molecule has 27 heavy (non-hydrogen) atoms. The minimum atomic E-state index is -0.581. The number of nitrogens with two attached hydrogens (primary N) is 1. The van der Waals surface area contributed by atoms with Crippen molar-refractivity contribution >= 4 is 52.8 Å². The van der Waals surface area contributed by atoms with Gasteiger partial charge in [-0.3, -0.25) is 19.3 Å². The van der Waals surface area contributed by atoms with Gasteiger partial charge in [-0.15, -0.1) is 23.1 Å². The molecule has 140 valence electrons. The summed E-state index contributed by atoms with van der Waals surface area (Å²) in [5.74, 6) is 0.101. The fraction of sp³-hybridized carbons (Fsp3) is 0.176. The third-order valence-corrected chi connectivity index (χ3v) is 5.98. The molecule has 2 heterocycles. The highest BCUT2D eigenvalue weighted by atomic mass is 32.2. The summed E-state index contributed by atoms with van der Waals surface area (Å²) in [5, 5.41) is 11.9. The average molecular weight is 420 g/mol. The van der Waals surface area contributed by atoms with Crippen molar-refractivity contribution in [1.29, 1.82) is 0 Å². The van der Waals surface area contributed by atoms with Gasteiger partial charge in [-0.2, -0.15) is 5.10 Å². The first-order valence-electron chi connectivity index (χ1n) is 7.99. The molecule has 0 radical (unpaired) electrons. The van der Waals surface area contributed by atoms with Crippen molar-refractivity contribution in [3.63, 3.8) is 0 Å². The molecule has 0 saturated heterocycles. The van der Waals surface area contributed by atoms with Crippen LogP contribution in [-0.4, -0.2) is 32.3 Å². The number of thioether (sulfide) groups is 1. The maximum Gasteiger partial charge on any atom is 0.247 e. The highest BCUT2D eigenvalue weighted by Gasteiger charge is 2.22. The lowest BCUT2D eigenvalue weighted by molar-refractivity contribution is -0.119. The molecule has 0 fully saturated rings. The Labute approximate surface area is 169 Å². The lowest BCUT2D eigenvalue weighted by Crippen LogP contribution is -2.24. The lowest BCUT2D eigenvalue weighted by Gasteiger charge is -2.16. The summed E-state index contributed by atoms with van der Waals surface area (Å²) in [6.07, 6.45) is 0. The number of para-hydroxylation sites is 1. The Bertz CT molecular complexity index is 1010. The van der Waals surface area contributed by atoms with Gasteiger partial charge < -0.3 is 11.1 Å². The van der Waals surface area contributed by atoms with E-state index in [-0.39, 0.29) is 11.7 Å². The van der Waals surface area contributed by atoms with E-state index in [4.69, 9.17) is 18.0 Å². The van der Waals surface area contributed by atoms with Crippen molar-refractivity contribution in [3.05, 3.63) is 46.5 Å². The Morgan fingerprint density at radius 1 is 1.37 bits per heavy atom. The molecule has 2 aromatic heterocycles. The second-order valence-corrected chi connectivity index (χ2v) is 7.97. The van der Waals surface area contributed by atoms with Crippen LogP contribution in [0.1, 0.15) is 13.0 Å². The molecule has 1 aromatic carbocycles. The van der Waals surface area contributed by atoms with Gasteiger partial charge in [0.15, 0.2) is 10.6 Å². The van der Waals surface area contributed by atoms with Gasteiger partial charge in [-0.05, 0) is 42.7 Å². The second-order valence-electron chi connectivity index (χ2n) is 5.62. The van der Waals surface area contributed by atoms with Crippen molar-refractivity contribution < 1.29 is 9.59 Å². The van der Waals surface area contributed by atoms with Crippen molar-refractivity contribution in [1.82, 2.24) is 14.8 Å². The highest BCUT2D eigenvalue weighted by molar-refractivity contribution is 8.00. The molecule has 1 atom stereocenters. The van der Waals surface area contributed by atoms with E-state index in [1.807, 2.05) is 35.7 Å². The standard InChI is InChI=1S/C17H17N5O2S3/c1-10(22-15(20-21-17(22)25)13-7-4-8-26-13)16(24)19-11-5-2-3-6-12(11)27-9-14(18)23/h2-8,10H,9H2,1H3,(H2,18,23)(H,19,24)(H,21,25). The molecule has 1 unspecified atom stereocenters. The smallest absolute Gasteiger partial charge is 0.247 e. The fourth-order valence-corrected chi connectivity index (χ4v) is 4.19. The number of carbonyl (C=O) groups excluding carboxylic acids is 2. The van der Waals surface area contributed by atoms with E-state index in [1.165, 1.54) is 23.1 Å². The number of anilines is 1. The van der Waals surface area contributed by atoms with Crippen LogP contribution in [0.4, 0.5) is 5.69 Å². The lowest BCUT2D eigenvalue weighted by atomic mass is 10.2. The number of hydrogen-bond acceptors (Lipinski definition) is 6. The number of thiophene rings is 1. The van der Waals surface area contributed by atoms with Gasteiger partial charge in [0.05, 0.1) is 16.3 Å². The molecule has 3 aromatic rings. The Hall–Kier alpha value is -2.43. The Morgan fingerprint density at radius 3 is 2.85 bits per heavy atom. The zero-order valence-corrected chi connectivity index (χ0v) is 16.8. The SMILES string of the molecule is CC(C(=O)Nc1ccccc1SCC(N)=O)n1c(-c2cccs2)n[nH]c1=S. The average Bonchev–Trinajstić information content (AvgIpc) is 3.29. The quantitative estimate of drug-likeness (QED) is 0.402. The van der Waals surface area contributed by atoms with Crippen LogP contribution in [0.2, 0.25) is 0 Å². The number of hydrogen-bond donors (Lipinski definition) is 3. The molecule has 3 rings (SSSR count). The molecule has 0 aliphatic heterocycles. The minimum absolute atomic E-state index is 0.137. The largest absolute Gasteiger partial charge is 0.369 e. The van der Waals surface area contributed by atoms with Gasteiger partial charge in [-0.1, -0.05) is 18.2 Å². The van der Waals surface area contributed by atoms with Crippen LogP contribution in [0.25, 0.3) is 10.7 Å². The zero-order chi connectivity index (χ0) is 19.4. The number of nitrogens with zero attached hydrogens (tertiary/aromatic N) is 2. The third-order valence-electron chi connectivity index (χ3n) is 3.73. The molecule has 0 aliphatic carbocycles. The van der Waals surface area contributed by atoms with Crippen LogP contribution in [0.15, 0.2) is 46.7 Å². The molecular weight excluding hydrogens is 402 g/mol. The topological polar surface area (TPSA) is 106 Å². The van der Waals surface area contributed by atoms with E-state index in [0.717, 1.165) is 9.77 Å². The number of carbonyl (C=O) groups is 2. The van der Waals surface area contributed by atoms with E-state index < -0.39 is 11.9 Å². The Balaban J connectivity index is 1.83. The molecule has 0 aliphatic rings. The number of primary amides is 1. The summed E-state index contributed by atoms with van der Waals surface area (Å²) in [7, 11) is 0. The predicted octanol–water partition coefficient (Wildman–Crippen LogP) is 3.45. The number of benzene rings is 1. The number of aromatic nitrogens is 3. The molecule has 4 N–H and O–H groups in total. The molecule has 10 heteroatoms.